The number of carbonyl (C=O) groups excluding carboxylic acids is 3. The molecule has 0 aromatic rings. The number of carbonyl (C=O) groups is 3. The van der Waals surface area contributed by atoms with Gasteiger partial charge in [-0.05, 0) is 44.9 Å². The van der Waals surface area contributed by atoms with Crippen LogP contribution in [0.2, 0.25) is 0 Å². The molecule has 6 heteroatoms. The maximum atomic E-state index is 12.8. The van der Waals surface area contributed by atoms with Gasteiger partial charge in [0.15, 0.2) is 6.10 Å². The molecule has 0 spiro atoms. The van der Waals surface area contributed by atoms with Gasteiger partial charge >= 0.3 is 17.9 Å². The first kappa shape index (κ1) is 59.1. The molecule has 0 radical (unpaired) electrons. The van der Waals surface area contributed by atoms with E-state index in [1.165, 1.54) is 199 Å². The van der Waals surface area contributed by atoms with Crippen molar-refractivity contribution in [3.8, 4) is 0 Å². The van der Waals surface area contributed by atoms with Crippen LogP contribution in [0.1, 0.15) is 303 Å². The van der Waals surface area contributed by atoms with E-state index in [4.69, 9.17) is 14.2 Å². The third kappa shape index (κ3) is 49.0. The van der Waals surface area contributed by atoms with E-state index >= 15 is 0 Å². The van der Waals surface area contributed by atoms with Crippen LogP contribution in [0.3, 0.4) is 0 Å². The fourth-order valence-electron chi connectivity index (χ4n) is 8.14. The van der Waals surface area contributed by atoms with Gasteiger partial charge in [0, 0.05) is 19.3 Å². The highest BCUT2D eigenvalue weighted by Crippen LogP contribution is 2.17. The summed E-state index contributed by atoms with van der Waals surface area (Å²) in [4.78, 5) is 38.0. The van der Waals surface area contributed by atoms with E-state index in [1.807, 2.05) is 0 Å². The topological polar surface area (TPSA) is 78.9 Å². The maximum Gasteiger partial charge on any atom is 0.306 e. The molecule has 0 heterocycles. The standard InChI is InChI=1S/C55H104O6/c1-4-7-10-13-16-19-22-25-27-28-29-31-33-36-39-42-45-48-54(57)60-51-52(50-59-53(56)47-44-41-38-35-32-24-21-18-15-12-9-6-3)61-55(58)49-46-43-40-37-34-30-26-23-20-17-14-11-8-5-2/h18,21,52H,4-17,19-20,22-51H2,1-3H3/b21-18-/t52-/m1/s1. The average Bonchev–Trinajstić information content (AvgIpc) is 3.26. The fraction of sp³-hybridized carbons (Fsp3) is 0.909. The second-order valence-corrected chi connectivity index (χ2v) is 18.5. The first-order valence-electron chi connectivity index (χ1n) is 27.2. The molecule has 0 amide bonds. The van der Waals surface area contributed by atoms with Crippen molar-refractivity contribution in [3.63, 3.8) is 0 Å². The molecule has 61 heavy (non-hydrogen) atoms. The van der Waals surface area contributed by atoms with Crippen LogP contribution in [-0.2, 0) is 28.6 Å². The largest absolute Gasteiger partial charge is 0.462 e. The van der Waals surface area contributed by atoms with Crippen LogP contribution in [0, 0.1) is 0 Å². The van der Waals surface area contributed by atoms with Gasteiger partial charge < -0.3 is 14.2 Å². The molecule has 0 fully saturated rings. The van der Waals surface area contributed by atoms with Crippen molar-refractivity contribution in [3.05, 3.63) is 12.2 Å². The van der Waals surface area contributed by atoms with Gasteiger partial charge in [-0.1, -0.05) is 251 Å². The van der Waals surface area contributed by atoms with Crippen molar-refractivity contribution in [1.82, 2.24) is 0 Å². The minimum atomic E-state index is -0.766. The highest BCUT2D eigenvalue weighted by molar-refractivity contribution is 5.71. The van der Waals surface area contributed by atoms with E-state index in [-0.39, 0.29) is 31.1 Å². The number of hydrogen-bond donors (Lipinski definition) is 0. The Bertz CT molecular complexity index is 947. The maximum absolute atomic E-state index is 12.8. The van der Waals surface area contributed by atoms with Crippen molar-refractivity contribution in [2.24, 2.45) is 0 Å². The molecule has 0 saturated heterocycles. The van der Waals surface area contributed by atoms with Crippen LogP contribution in [0.4, 0.5) is 0 Å². The van der Waals surface area contributed by atoms with E-state index in [0.717, 1.165) is 64.2 Å². The Labute approximate surface area is 380 Å². The van der Waals surface area contributed by atoms with Gasteiger partial charge in [-0.25, -0.2) is 0 Å². The molecule has 360 valence electrons. The summed E-state index contributed by atoms with van der Waals surface area (Å²) in [6, 6.07) is 0. The third-order valence-electron chi connectivity index (χ3n) is 12.3. The van der Waals surface area contributed by atoms with E-state index in [0.29, 0.717) is 19.3 Å². The summed E-state index contributed by atoms with van der Waals surface area (Å²) in [7, 11) is 0. The van der Waals surface area contributed by atoms with E-state index in [9.17, 15) is 14.4 Å². The van der Waals surface area contributed by atoms with Crippen molar-refractivity contribution in [2.75, 3.05) is 13.2 Å². The lowest BCUT2D eigenvalue weighted by atomic mass is 10.0. The van der Waals surface area contributed by atoms with Gasteiger partial charge in [-0.3, -0.25) is 14.4 Å². The number of unbranched alkanes of at least 4 members (excludes halogenated alkanes) is 37. The van der Waals surface area contributed by atoms with Crippen molar-refractivity contribution in [1.29, 1.82) is 0 Å². The molecule has 0 aliphatic carbocycles. The van der Waals surface area contributed by atoms with Crippen molar-refractivity contribution < 1.29 is 28.6 Å². The second-order valence-electron chi connectivity index (χ2n) is 18.5. The highest BCUT2D eigenvalue weighted by atomic mass is 16.6. The summed E-state index contributed by atoms with van der Waals surface area (Å²) < 4.78 is 16.8. The van der Waals surface area contributed by atoms with E-state index in [1.54, 1.807) is 0 Å². The number of rotatable bonds is 50. The fourth-order valence-corrected chi connectivity index (χ4v) is 8.14. The SMILES string of the molecule is CCCCC/C=C\CCCCCCCC(=O)OC[C@H](COC(=O)CCCCCCCCCCCCCCCCCCC)OC(=O)CCCCCCCCCCCCCCCC. The van der Waals surface area contributed by atoms with Crippen molar-refractivity contribution in [2.45, 2.75) is 309 Å². The number of allylic oxidation sites excluding steroid dienone is 2. The number of hydrogen-bond acceptors (Lipinski definition) is 6. The number of esters is 3. The summed E-state index contributed by atoms with van der Waals surface area (Å²) >= 11 is 0. The van der Waals surface area contributed by atoms with Crippen LogP contribution >= 0.6 is 0 Å². The zero-order chi connectivity index (χ0) is 44.4. The Morgan fingerprint density at radius 3 is 0.852 bits per heavy atom. The summed E-state index contributed by atoms with van der Waals surface area (Å²) in [5.74, 6) is -0.856. The molecule has 0 saturated carbocycles. The van der Waals surface area contributed by atoms with Crippen LogP contribution in [0.15, 0.2) is 12.2 Å². The smallest absolute Gasteiger partial charge is 0.306 e. The molecule has 0 rings (SSSR count). The monoisotopic (exact) mass is 861 g/mol. The lowest BCUT2D eigenvalue weighted by molar-refractivity contribution is -0.167. The molecule has 6 nitrogen and oxygen atoms in total. The minimum absolute atomic E-state index is 0.0669. The van der Waals surface area contributed by atoms with Crippen molar-refractivity contribution >= 4 is 17.9 Å². The zero-order valence-corrected chi connectivity index (χ0v) is 41.2. The molecule has 0 aromatic carbocycles. The third-order valence-corrected chi connectivity index (χ3v) is 12.3. The molecule has 1 atom stereocenters. The van der Waals surface area contributed by atoms with Crippen LogP contribution in [0.5, 0.6) is 0 Å². The lowest BCUT2D eigenvalue weighted by Crippen LogP contribution is -2.30. The average molecular weight is 861 g/mol. The van der Waals surface area contributed by atoms with Gasteiger partial charge in [-0.15, -0.1) is 0 Å². The Balaban J connectivity index is 4.30. The summed E-state index contributed by atoms with van der Waals surface area (Å²) in [5, 5.41) is 0. The Kier molecular flexibility index (Phi) is 49.3. The summed E-state index contributed by atoms with van der Waals surface area (Å²) in [5.41, 5.74) is 0. The lowest BCUT2D eigenvalue weighted by Gasteiger charge is -2.18. The molecular weight excluding hydrogens is 757 g/mol. The second kappa shape index (κ2) is 50.8. The van der Waals surface area contributed by atoms with Gasteiger partial charge in [0.25, 0.3) is 0 Å². The van der Waals surface area contributed by atoms with Crippen LogP contribution < -0.4 is 0 Å². The predicted molar refractivity (Wildman–Crippen MR) is 261 cm³/mol. The quantitative estimate of drug-likeness (QED) is 0.0262. The van der Waals surface area contributed by atoms with Gasteiger partial charge in [-0.2, -0.15) is 0 Å². The molecule has 0 aromatic heterocycles. The van der Waals surface area contributed by atoms with Crippen LogP contribution in [-0.4, -0.2) is 37.2 Å². The molecule has 0 aliphatic heterocycles. The van der Waals surface area contributed by atoms with Crippen LogP contribution in [0.25, 0.3) is 0 Å². The first-order chi connectivity index (χ1) is 30.0. The Morgan fingerprint density at radius 1 is 0.311 bits per heavy atom. The van der Waals surface area contributed by atoms with Gasteiger partial charge in [0.1, 0.15) is 13.2 Å². The van der Waals surface area contributed by atoms with Gasteiger partial charge in [0.2, 0.25) is 0 Å². The van der Waals surface area contributed by atoms with E-state index < -0.39 is 6.10 Å². The predicted octanol–water partition coefficient (Wildman–Crippen LogP) is 17.8. The Hall–Kier alpha value is -1.85. The summed E-state index contributed by atoms with van der Waals surface area (Å²) in [6.07, 6.45) is 56.2. The minimum Gasteiger partial charge on any atom is -0.462 e. The normalized spacial score (nSPS) is 12.0. The Morgan fingerprint density at radius 2 is 0.541 bits per heavy atom. The summed E-state index contributed by atoms with van der Waals surface area (Å²) in [6.45, 7) is 6.65. The van der Waals surface area contributed by atoms with E-state index in [2.05, 4.69) is 32.9 Å². The zero-order valence-electron chi connectivity index (χ0n) is 41.2. The molecule has 0 N–H and O–H groups in total. The highest BCUT2D eigenvalue weighted by Gasteiger charge is 2.19. The molecule has 0 unspecified atom stereocenters. The first-order valence-corrected chi connectivity index (χ1v) is 27.2. The molecule has 0 aliphatic rings. The molecule has 0 bridgehead atoms. The number of ether oxygens (including phenoxy) is 3. The molecular formula is C55H104O6. The van der Waals surface area contributed by atoms with Gasteiger partial charge in [0.05, 0.1) is 0 Å².